The van der Waals surface area contributed by atoms with E-state index in [4.69, 9.17) is 9.47 Å². The van der Waals surface area contributed by atoms with Crippen LogP contribution in [0, 0.1) is 0 Å². The van der Waals surface area contributed by atoms with Crippen LogP contribution in [0.15, 0.2) is 267 Å². The molecule has 0 aliphatic heterocycles. The van der Waals surface area contributed by atoms with E-state index in [0.717, 1.165) is 11.5 Å². The largest absolute Gasteiger partial charge is 0.491 e. The summed E-state index contributed by atoms with van der Waals surface area (Å²) in [6, 6.07) is 101. The summed E-state index contributed by atoms with van der Waals surface area (Å²) in [6.45, 7) is 18.0. The highest BCUT2D eigenvalue weighted by Crippen LogP contribution is 2.56. The van der Waals surface area contributed by atoms with Crippen molar-refractivity contribution in [2.75, 3.05) is 0 Å². The average Bonchev–Trinajstić information content (AvgIpc) is 0.899. The van der Waals surface area contributed by atoms with Gasteiger partial charge in [0.05, 0.1) is 12.2 Å². The van der Waals surface area contributed by atoms with Crippen LogP contribution in [-0.2, 0) is 10.8 Å². The molecule has 0 heterocycles. The first-order valence-corrected chi connectivity index (χ1v) is 32.7. The number of benzene rings is 15. The molecule has 0 bridgehead atoms. The Bertz CT molecular complexity index is 5390. The molecule has 0 unspecified atom stereocenters. The zero-order valence-electron chi connectivity index (χ0n) is 53.4. The maximum absolute atomic E-state index is 6.11. The van der Waals surface area contributed by atoms with Gasteiger partial charge >= 0.3 is 0 Å². The van der Waals surface area contributed by atoms with Crippen LogP contribution in [0.4, 0.5) is 0 Å². The molecule has 0 fully saturated rings. The maximum atomic E-state index is 6.11. The lowest BCUT2D eigenvalue weighted by Gasteiger charge is -2.24. The molecule has 17 rings (SSSR count). The first kappa shape index (κ1) is 55.5. The average molecular weight is 1180 g/mol. The van der Waals surface area contributed by atoms with Crippen molar-refractivity contribution in [2.24, 2.45) is 0 Å². The van der Waals surface area contributed by atoms with Gasteiger partial charge in [-0.05, 0) is 252 Å². The van der Waals surface area contributed by atoms with Crippen LogP contribution < -0.4 is 9.47 Å². The summed E-state index contributed by atoms with van der Waals surface area (Å²) in [5.74, 6) is 1.77. The van der Waals surface area contributed by atoms with Gasteiger partial charge in [-0.2, -0.15) is 0 Å². The molecule has 0 aromatic heterocycles. The minimum Gasteiger partial charge on any atom is -0.491 e. The predicted molar refractivity (Wildman–Crippen MR) is 391 cm³/mol. The van der Waals surface area contributed by atoms with Gasteiger partial charge in [-0.25, -0.2) is 0 Å². The highest BCUT2D eigenvalue weighted by molar-refractivity contribution is 6.30. The van der Waals surface area contributed by atoms with Gasteiger partial charge in [-0.1, -0.05) is 246 Å². The molecule has 2 aliphatic carbocycles. The first-order valence-electron chi connectivity index (χ1n) is 32.7. The van der Waals surface area contributed by atoms with Crippen LogP contribution >= 0.6 is 0 Å². The second-order valence-electron chi connectivity index (χ2n) is 27.2. The van der Waals surface area contributed by atoms with Crippen LogP contribution in [0.25, 0.3) is 154 Å². The SMILES string of the molecule is CC(C)Oc1ccc(-c2c3ccccc3c(-c3ccc4c(c3)C(C)(C)c3cc(-c5ccc6c(c5)C(C)(C)c5cc(-c7c8ccccc8c(-c8c9ccccc9c(-c9ccc(OC(C)C)cc9)c9ccccc89)c8ccccc78)ccc5-6)ccc3-4)c3ccccc23)cc1. The van der Waals surface area contributed by atoms with E-state index >= 15 is 0 Å². The topological polar surface area (TPSA) is 18.5 Å². The molecular weight excluding hydrogens is 1110 g/mol. The van der Waals surface area contributed by atoms with Crippen molar-refractivity contribution in [1.29, 1.82) is 0 Å². The van der Waals surface area contributed by atoms with Crippen molar-refractivity contribution < 1.29 is 9.47 Å². The van der Waals surface area contributed by atoms with Crippen LogP contribution in [0.1, 0.15) is 77.6 Å². The summed E-state index contributed by atoms with van der Waals surface area (Å²) in [4.78, 5) is 0. The summed E-state index contributed by atoms with van der Waals surface area (Å²) in [6.07, 6.45) is 0.223. The molecule has 442 valence electrons. The molecule has 2 heteroatoms. The molecule has 0 amide bonds. The Kier molecular flexibility index (Phi) is 12.7. The summed E-state index contributed by atoms with van der Waals surface area (Å²) in [5, 5.41) is 14.9. The summed E-state index contributed by atoms with van der Waals surface area (Å²) >= 11 is 0. The summed E-state index contributed by atoms with van der Waals surface area (Å²) in [5.41, 5.74) is 25.1. The molecule has 0 spiro atoms. The minimum absolute atomic E-state index is 0.106. The third kappa shape index (κ3) is 8.53. The smallest absolute Gasteiger partial charge is 0.119 e. The Morgan fingerprint density at radius 1 is 0.217 bits per heavy atom. The lowest BCUT2D eigenvalue weighted by atomic mass is 9.78. The lowest BCUT2D eigenvalue weighted by molar-refractivity contribution is 0.242. The standard InChI is InChI=1S/C90H70O2/c1-53(2)91-61-41-33-55(34-42-61)83-67-21-9-11-23-69(67)85(70-24-12-10-22-68(70)83)59-39-47-65-63-45-37-57(49-79(63)89(5,6)81(65)51-59)58-38-46-64-66-48-40-60(52-82(66)90(7,8)80(64)50-58)86-73-27-15-19-31-77(73)88(78-32-20-16-28-74(78)86)87-75-29-17-13-25-71(75)84(72-26-14-18-30-76(72)87)56-35-43-62(44-36-56)92-54(3)4/h9-54H,1-8H3. The van der Waals surface area contributed by atoms with Gasteiger partial charge in [0, 0.05) is 10.8 Å². The van der Waals surface area contributed by atoms with Crippen molar-refractivity contribution >= 4 is 64.6 Å². The third-order valence-electron chi connectivity index (χ3n) is 20.3. The molecule has 0 N–H and O–H groups in total. The van der Waals surface area contributed by atoms with E-state index in [-0.39, 0.29) is 23.0 Å². The Hall–Kier alpha value is -10.5. The molecular formula is C90H70O2. The molecule has 0 radical (unpaired) electrons. The van der Waals surface area contributed by atoms with Gasteiger partial charge in [0.1, 0.15) is 11.5 Å². The van der Waals surface area contributed by atoms with Crippen molar-refractivity contribution in [3.05, 3.63) is 289 Å². The van der Waals surface area contributed by atoms with E-state index in [1.54, 1.807) is 0 Å². The zero-order chi connectivity index (χ0) is 62.3. The van der Waals surface area contributed by atoms with E-state index in [1.165, 1.54) is 176 Å². The van der Waals surface area contributed by atoms with E-state index in [0.29, 0.717) is 0 Å². The van der Waals surface area contributed by atoms with Crippen molar-refractivity contribution in [3.8, 4) is 101 Å². The number of rotatable bonds is 10. The fourth-order valence-corrected chi connectivity index (χ4v) is 16.3. The molecule has 92 heavy (non-hydrogen) atoms. The fourth-order valence-electron chi connectivity index (χ4n) is 16.3. The highest BCUT2D eigenvalue weighted by atomic mass is 16.5. The fraction of sp³-hybridized carbons (Fsp3) is 0.133. The van der Waals surface area contributed by atoms with E-state index < -0.39 is 0 Å². The number of fused-ring (bicyclic) bond motifs is 12. The van der Waals surface area contributed by atoms with Gasteiger partial charge in [-0.15, -0.1) is 0 Å². The lowest BCUT2D eigenvalue weighted by Crippen LogP contribution is -2.15. The van der Waals surface area contributed by atoms with Gasteiger partial charge < -0.3 is 9.47 Å². The normalized spacial score (nSPS) is 13.6. The Morgan fingerprint density at radius 3 is 0.652 bits per heavy atom. The van der Waals surface area contributed by atoms with Gasteiger partial charge in [0.2, 0.25) is 0 Å². The molecule has 2 aliphatic rings. The highest BCUT2D eigenvalue weighted by Gasteiger charge is 2.39. The van der Waals surface area contributed by atoms with Gasteiger partial charge in [0.15, 0.2) is 0 Å². The number of hydrogen-bond acceptors (Lipinski definition) is 2. The maximum Gasteiger partial charge on any atom is 0.119 e. The van der Waals surface area contributed by atoms with Crippen LogP contribution in [0.5, 0.6) is 11.5 Å². The molecule has 0 atom stereocenters. The second kappa shape index (κ2) is 21.0. The number of hydrogen-bond donors (Lipinski definition) is 0. The Balaban J connectivity index is 0.732. The molecule has 0 saturated heterocycles. The third-order valence-corrected chi connectivity index (χ3v) is 20.3. The summed E-state index contributed by atoms with van der Waals surface area (Å²) < 4.78 is 12.2. The zero-order valence-corrected chi connectivity index (χ0v) is 53.4. The van der Waals surface area contributed by atoms with Crippen LogP contribution in [-0.4, -0.2) is 12.2 Å². The Labute approximate surface area is 539 Å². The number of ether oxygens (including phenoxy) is 2. The minimum atomic E-state index is -0.258. The predicted octanol–water partition coefficient (Wildman–Crippen LogP) is 24.8. The van der Waals surface area contributed by atoms with Crippen LogP contribution in [0.3, 0.4) is 0 Å². The van der Waals surface area contributed by atoms with Crippen LogP contribution in [0.2, 0.25) is 0 Å². The molecule has 15 aromatic carbocycles. The van der Waals surface area contributed by atoms with Gasteiger partial charge in [-0.3, -0.25) is 0 Å². The van der Waals surface area contributed by atoms with E-state index in [2.05, 4.69) is 322 Å². The first-order chi connectivity index (χ1) is 44.8. The second-order valence-corrected chi connectivity index (χ2v) is 27.2. The van der Waals surface area contributed by atoms with Crippen molar-refractivity contribution in [2.45, 2.75) is 78.4 Å². The molecule has 2 nitrogen and oxygen atoms in total. The Morgan fingerprint density at radius 2 is 0.413 bits per heavy atom. The van der Waals surface area contributed by atoms with Crippen molar-refractivity contribution in [1.82, 2.24) is 0 Å². The molecule has 0 saturated carbocycles. The van der Waals surface area contributed by atoms with Crippen molar-refractivity contribution in [3.63, 3.8) is 0 Å². The van der Waals surface area contributed by atoms with E-state index in [1.807, 2.05) is 0 Å². The summed E-state index contributed by atoms with van der Waals surface area (Å²) in [7, 11) is 0. The molecule has 15 aromatic rings. The van der Waals surface area contributed by atoms with E-state index in [9.17, 15) is 0 Å². The van der Waals surface area contributed by atoms with Gasteiger partial charge in [0.25, 0.3) is 0 Å². The quantitative estimate of drug-likeness (QED) is 0.127. The monoisotopic (exact) mass is 1180 g/mol.